The van der Waals surface area contributed by atoms with Gasteiger partial charge in [0, 0.05) is 12.1 Å². The Kier molecular flexibility index (Phi) is 5.69. The van der Waals surface area contributed by atoms with Crippen molar-refractivity contribution in [2.24, 2.45) is 0 Å². The van der Waals surface area contributed by atoms with Gasteiger partial charge in [-0.05, 0) is 49.2 Å². The van der Waals surface area contributed by atoms with Crippen molar-refractivity contribution >= 4 is 39.7 Å². The Balaban J connectivity index is 1.35. The van der Waals surface area contributed by atoms with E-state index in [9.17, 15) is 4.79 Å². The molecule has 0 saturated heterocycles. The molecule has 0 aliphatic heterocycles. The average molecular weight is 398 g/mol. The zero-order valence-corrected chi connectivity index (χ0v) is 16.3. The number of anilines is 2. The SMILES string of the molecule is O=C1CCCC[C@@H]1Sc1nnc(Nc2ccc(Oc3ccccc3)cc2)s1. The molecule has 1 fully saturated rings. The minimum atomic E-state index is 0.0361. The van der Waals surface area contributed by atoms with Crippen molar-refractivity contribution in [1.82, 2.24) is 10.2 Å². The minimum absolute atomic E-state index is 0.0361. The van der Waals surface area contributed by atoms with Crippen LogP contribution in [0, 0.1) is 0 Å². The molecule has 138 valence electrons. The molecule has 1 aliphatic rings. The van der Waals surface area contributed by atoms with E-state index in [2.05, 4.69) is 15.5 Å². The molecular formula is C20H19N3O2S2. The van der Waals surface area contributed by atoms with Gasteiger partial charge in [0.2, 0.25) is 5.13 Å². The molecule has 2 aromatic carbocycles. The highest BCUT2D eigenvalue weighted by Crippen LogP contribution is 2.35. The van der Waals surface area contributed by atoms with E-state index in [4.69, 9.17) is 4.74 Å². The van der Waals surface area contributed by atoms with Crippen LogP contribution >= 0.6 is 23.1 Å². The lowest BCUT2D eigenvalue weighted by molar-refractivity contribution is -0.119. The summed E-state index contributed by atoms with van der Waals surface area (Å²) in [7, 11) is 0. The van der Waals surface area contributed by atoms with Gasteiger partial charge in [-0.2, -0.15) is 0 Å². The van der Waals surface area contributed by atoms with Crippen LogP contribution in [0.3, 0.4) is 0 Å². The number of hydrogen-bond donors (Lipinski definition) is 1. The summed E-state index contributed by atoms with van der Waals surface area (Å²) >= 11 is 3.02. The van der Waals surface area contributed by atoms with E-state index in [-0.39, 0.29) is 5.25 Å². The molecule has 0 amide bonds. The standard InChI is InChI=1S/C20H19N3O2S2/c24-17-8-4-5-9-18(17)26-20-23-22-19(27-20)21-14-10-12-16(13-11-14)25-15-6-2-1-3-7-15/h1-3,6-7,10-13,18H,4-5,8-9H2,(H,21,22)/t18-/m0/s1. The van der Waals surface area contributed by atoms with Crippen LogP contribution in [-0.2, 0) is 4.79 Å². The molecule has 0 radical (unpaired) electrons. The van der Waals surface area contributed by atoms with E-state index >= 15 is 0 Å². The first-order valence-corrected chi connectivity index (χ1v) is 10.6. The van der Waals surface area contributed by atoms with Crippen LogP contribution in [0.4, 0.5) is 10.8 Å². The number of hydrogen-bond acceptors (Lipinski definition) is 7. The molecule has 1 N–H and O–H groups in total. The second-order valence-corrected chi connectivity index (χ2v) is 8.68. The second kappa shape index (κ2) is 8.54. The van der Waals surface area contributed by atoms with Crippen molar-refractivity contribution in [1.29, 1.82) is 0 Å². The number of rotatable bonds is 6. The van der Waals surface area contributed by atoms with Crippen LogP contribution < -0.4 is 10.1 Å². The van der Waals surface area contributed by atoms with Gasteiger partial charge in [-0.3, -0.25) is 4.79 Å². The zero-order valence-electron chi connectivity index (χ0n) is 14.6. The molecule has 1 atom stereocenters. The predicted molar refractivity (Wildman–Crippen MR) is 109 cm³/mol. The Morgan fingerprint density at radius 3 is 2.56 bits per heavy atom. The number of carbonyl (C=O) groups excluding carboxylic acids is 1. The lowest BCUT2D eigenvalue weighted by Gasteiger charge is -2.17. The third-order valence-corrected chi connectivity index (χ3v) is 6.47. The highest BCUT2D eigenvalue weighted by atomic mass is 32.2. The van der Waals surface area contributed by atoms with E-state index < -0.39 is 0 Å². The highest BCUT2D eigenvalue weighted by Gasteiger charge is 2.24. The lowest BCUT2D eigenvalue weighted by atomic mass is 9.99. The number of Topliss-reactive ketones (excluding diaryl/α,β-unsaturated/α-hetero) is 1. The Morgan fingerprint density at radius 2 is 1.78 bits per heavy atom. The van der Waals surface area contributed by atoms with Crippen LogP contribution in [0.15, 0.2) is 58.9 Å². The summed E-state index contributed by atoms with van der Waals surface area (Å²) in [5, 5.41) is 12.4. The van der Waals surface area contributed by atoms with Crippen molar-refractivity contribution in [3.8, 4) is 11.5 Å². The summed E-state index contributed by atoms with van der Waals surface area (Å²) < 4.78 is 6.63. The normalized spacial score (nSPS) is 16.9. The predicted octanol–water partition coefficient (Wildman–Crippen LogP) is 5.68. The summed E-state index contributed by atoms with van der Waals surface area (Å²) in [6.07, 6.45) is 3.77. The second-order valence-electron chi connectivity index (χ2n) is 6.26. The van der Waals surface area contributed by atoms with Gasteiger partial charge >= 0.3 is 0 Å². The van der Waals surface area contributed by atoms with Crippen molar-refractivity contribution in [3.05, 3.63) is 54.6 Å². The van der Waals surface area contributed by atoms with Crippen LogP contribution in [0.5, 0.6) is 11.5 Å². The van der Waals surface area contributed by atoms with Gasteiger partial charge in [-0.1, -0.05) is 47.7 Å². The molecule has 1 aromatic heterocycles. The van der Waals surface area contributed by atoms with Crippen LogP contribution in [0.25, 0.3) is 0 Å². The maximum Gasteiger partial charge on any atom is 0.210 e. The fourth-order valence-electron chi connectivity index (χ4n) is 2.86. The molecule has 1 saturated carbocycles. The van der Waals surface area contributed by atoms with Crippen molar-refractivity contribution in [2.75, 3.05) is 5.32 Å². The summed E-state index contributed by atoms with van der Waals surface area (Å²) in [6.45, 7) is 0. The molecular weight excluding hydrogens is 378 g/mol. The molecule has 4 rings (SSSR count). The van der Waals surface area contributed by atoms with Crippen molar-refractivity contribution < 1.29 is 9.53 Å². The van der Waals surface area contributed by atoms with Crippen LogP contribution in [0.2, 0.25) is 0 Å². The minimum Gasteiger partial charge on any atom is -0.457 e. The van der Waals surface area contributed by atoms with E-state index in [0.717, 1.165) is 45.9 Å². The monoisotopic (exact) mass is 397 g/mol. The number of ether oxygens (including phenoxy) is 1. The van der Waals surface area contributed by atoms with Gasteiger partial charge in [0.15, 0.2) is 4.34 Å². The molecule has 0 spiro atoms. The van der Waals surface area contributed by atoms with E-state index in [1.807, 2.05) is 54.6 Å². The largest absolute Gasteiger partial charge is 0.457 e. The average Bonchev–Trinajstić information content (AvgIpc) is 3.13. The number of aromatic nitrogens is 2. The highest BCUT2D eigenvalue weighted by molar-refractivity contribution is 8.02. The first-order valence-electron chi connectivity index (χ1n) is 8.89. The number of ketones is 1. The number of para-hydroxylation sites is 1. The molecule has 27 heavy (non-hydrogen) atoms. The molecule has 1 aliphatic carbocycles. The van der Waals surface area contributed by atoms with Crippen molar-refractivity contribution in [2.45, 2.75) is 35.3 Å². The fourth-order valence-corrected chi connectivity index (χ4v) is 5.00. The Morgan fingerprint density at radius 1 is 1.00 bits per heavy atom. The van der Waals surface area contributed by atoms with E-state index in [1.54, 1.807) is 11.8 Å². The van der Waals surface area contributed by atoms with E-state index in [1.165, 1.54) is 11.3 Å². The van der Waals surface area contributed by atoms with Gasteiger partial charge in [0.05, 0.1) is 5.25 Å². The molecule has 0 unspecified atom stereocenters. The Labute approximate surface area is 166 Å². The summed E-state index contributed by atoms with van der Waals surface area (Å²) in [4.78, 5) is 12.0. The quantitative estimate of drug-likeness (QED) is 0.577. The maximum absolute atomic E-state index is 12.0. The first kappa shape index (κ1) is 18.0. The van der Waals surface area contributed by atoms with E-state index in [0.29, 0.717) is 12.2 Å². The number of nitrogens with one attached hydrogen (secondary N) is 1. The third kappa shape index (κ3) is 4.87. The molecule has 1 heterocycles. The van der Waals surface area contributed by atoms with Gasteiger partial charge in [0.25, 0.3) is 0 Å². The topological polar surface area (TPSA) is 64.1 Å². The van der Waals surface area contributed by atoms with Gasteiger partial charge < -0.3 is 10.1 Å². The van der Waals surface area contributed by atoms with Gasteiger partial charge in [0.1, 0.15) is 17.3 Å². The summed E-state index contributed by atoms with van der Waals surface area (Å²) in [5.74, 6) is 1.92. The zero-order chi connectivity index (χ0) is 18.5. The summed E-state index contributed by atoms with van der Waals surface area (Å²) in [6, 6.07) is 17.4. The van der Waals surface area contributed by atoms with Gasteiger partial charge in [-0.25, -0.2) is 0 Å². The molecule has 5 nitrogen and oxygen atoms in total. The fraction of sp³-hybridized carbons (Fsp3) is 0.250. The number of benzene rings is 2. The third-order valence-electron chi connectivity index (χ3n) is 4.23. The Bertz CT molecular complexity index is 897. The maximum atomic E-state index is 12.0. The number of carbonyl (C=O) groups is 1. The Hall–Kier alpha value is -2.38. The number of thioether (sulfide) groups is 1. The van der Waals surface area contributed by atoms with Crippen molar-refractivity contribution in [3.63, 3.8) is 0 Å². The first-order chi connectivity index (χ1) is 13.3. The van der Waals surface area contributed by atoms with Crippen LogP contribution in [-0.4, -0.2) is 21.2 Å². The number of nitrogens with zero attached hydrogens (tertiary/aromatic N) is 2. The molecule has 3 aromatic rings. The summed E-state index contributed by atoms with van der Waals surface area (Å²) in [5.41, 5.74) is 0.914. The van der Waals surface area contributed by atoms with Gasteiger partial charge in [-0.15, -0.1) is 10.2 Å². The van der Waals surface area contributed by atoms with Crippen LogP contribution in [0.1, 0.15) is 25.7 Å². The lowest BCUT2D eigenvalue weighted by Crippen LogP contribution is -2.21. The molecule has 0 bridgehead atoms. The smallest absolute Gasteiger partial charge is 0.210 e. The molecule has 7 heteroatoms.